The second-order valence-corrected chi connectivity index (χ2v) is 3.24. The van der Waals surface area contributed by atoms with Gasteiger partial charge in [0.15, 0.2) is 5.65 Å². The van der Waals surface area contributed by atoms with Gasteiger partial charge in [-0.2, -0.15) is 8.78 Å². The number of halogens is 2. The van der Waals surface area contributed by atoms with Crippen LogP contribution in [0.2, 0.25) is 0 Å². The van der Waals surface area contributed by atoms with Crippen molar-refractivity contribution in [3.63, 3.8) is 0 Å². The lowest BCUT2D eigenvalue weighted by atomic mass is 10.2. The summed E-state index contributed by atoms with van der Waals surface area (Å²) in [5, 5.41) is 8.32. The minimum Gasteiger partial charge on any atom is -0.477 e. The third-order valence-electron chi connectivity index (χ3n) is 2.11. The van der Waals surface area contributed by atoms with E-state index in [1.807, 2.05) is 0 Å². The first-order chi connectivity index (χ1) is 7.50. The van der Waals surface area contributed by atoms with Crippen molar-refractivity contribution in [3.05, 3.63) is 30.5 Å². The van der Waals surface area contributed by atoms with Crippen LogP contribution in [0.15, 0.2) is 24.8 Å². The summed E-state index contributed by atoms with van der Waals surface area (Å²) in [6.07, 6.45) is 4.59. The molecule has 84 valence electrons. The molecule has 2 rings (SSSR count). The smallest absolute Gasteiger partial charge is 0.374 e. The Morgan fingerprint density at radius 2 is 2.25 bits per heavy atom. The highest BCUT2D eigenvalue weighted by Crippen LogP contribution is 2.20. The summed E-state index contributed by atoms with van der Waals surface area (Å²) >= 11 is 0. The molecule has 0 aliphatic carbocycles. The normalized spacial score (nSPS) is 11.9. The second kappa shape index (κ2) is 3.51. The Kier molecular flexibility index (Phi) is 2.30. The molecule has 0 fully saturated rings. The van der Waals surface area contributed by atoms with Crippen molar-refractivity contribution >= 4 is 11.6 Å². The number of hydrogen-bond donors (Lipinski definition) is 1. The Balaban J connectivity index is 2.38. The van der Waals surface area contributed by atoms with Gasteiger partial charge in [-0.3, -0.25) is 4.98 Å². The van der Waals surface area contributed by atoms with Crippen LogP contribution in [0.25, 0.3) is 5.65 Å². The molecule has 0 aliphatic heterocycles. The number of aliphatic carboxylic acids is 1. The zero-order valence-electron chi connectivity index (χ0n) is 7.97. The average Bonchev–Trinajstić information content (AvgIpc) is 2.61. The number of carbonyl (C=O) groups is 1. The Morgan fingerprint density at radius 1 is 1.50 bits per heavy atom. The van der Waals surface area contributed by atoms with E-state index < -0.39 is 18.3 Å². The first-order valence-corrected chi connectivity index (χ1v) is 4.38. The molecule has 16 heavy (non-hydrogen) atoms. The van der Waals surface area contributed by atoms with E-state index in [4.69, 9.17) is 5.11 Å². The lowest BCUT2D eigenvalue weighted by molar-refractivity contribution is -0.164. The van der Waals surface area contributed by atoms with E-state index in [-0.39, 0.29) is 5.69 Å². The number of alkyl halides is 2. The molecule has 2 aromatic rings. The molecule has 0 saturated carbocycles. The minimum absolute atomic E-state index is 0.129. The van der Waals surface area contributed by atoms with Crippen LogP contribution >= 0.6 is 0 Å². The van der Waals surface area contributed by atoms with Crippen LogP contribution in [0.4, 0.5) is 8.78 Å². The van der Waals surface area contributed by atoms with E-state index in [2.05, 4.69) is 9.97 Å². The number of hydrogen-bond acceptors (Lipinski definition) is 3. The molecule has 7 heteroatoms. The molecule has 5 nitrogen and oxygen atoms in total. The van der Waals surface area contributed by atoms with Crippen molar-refractivity contribution in [1.82, 2.24) is 14.4 Å². The third-order valence-corrected chi connectivity index (χ3v) is 2.11. The molecule has 0 atom stereocenters. The van der Waals surface area contributed by atoms with Gasteiger partial charge in [-0.1, -0.05) is 0 Å². The molecule has 0 aliphatic rings. The zero-order valence-corrected chi connectivity index (χ0v) is 7.97. The van der Waals surface area contributed by atoms with Crippen LogP contribution in [-0.4, -0.2) is 31.4 Å². The van der Waals surface area contributed by atoms with E-state index in [9.17, 15) is 13.6 Å². The largest absolute Gasteiger partial charge is 0.477 e. The number of carboxylic acids is 1. The minimum atomic E-state index is -3.79. The van der Waals surface area contributed by atoms with Crippen molar-refractivity contribution in [3.8, 4) is 0 Å². The lowest BCUT2D eigenvalue weighted by Crippen LogP contribution is -2.31. The highest BCUT2D eigenvalue weighted by Gasteiger charge is 2.39. The number of carboxylic acid groups (broad SMARTS) is 1. The first-order valence-electron chi connectivity index (χ1n) is 4.38. The molecule has 0 bridgehead atoms. The van der Waals surface area contributed by atoms with E-state index in [0.717, 1.165) is 0 Å². The number of fused-ring (bicyclic) bond motifs is 1. The van der Waals surface area contributed by atoms with Crippen LogP contribution in [0, 0.1) is 0 Å². The van der Waals surface area contributed by atoms with E-state index >= 15 is 0 Å². The predicted octanol–water partition coefficient (Wildman–Crippen LogP) is 0.992. The highest BCUT2D eigenvalue weighted by molar-refractivity contribution is 5.75. The SMILES string of the molecule is O=C(O)C(F)(F)Cc1cnc2cnccn12. The van der Waals surface area contributed by atoms with Gasteiger partial charge in [0.2, 0.25) is 0 Å². The molecule has 0 amide bonds. The maximum atomic E-state index is 13.0. The van der Waals surface area contributed by atoms with Crippen LogP contribution in [0.5, 0.6) is 0 Å². The maximum Gasteiger partial charge on any atom is 0.374 e. The van der Waals surface area contributed by atoms with Crippen LogP contribution < -0.4 is 0 Å². The van der Waals surface area contributed by atoms with Crippen molar-refractivity contribution < 1.29 is 18.7 Å². The maximum absolute atomic E-state index is 13.0. The topological polar surface area (TPSA) is 67.5 Å². The summed E-state index contributed by atoms with van der Waals surface area (Å²) in [7, 11) is 0. The van der Waals surface area contributed by atoms with Crippen molar-refractivity contribution in [2.24, 2.45) is 0 Å². The van der Waals surface area contributed by atoms with Gasteiger partial charge < -0.3 is 9.51 Å². The summed E-state index contributed by atoms with van der Waals surface area (Å²) in [5.74, 6) is -5.93. The fraction of sp³-hybridized carbons (Fsp3) is 0.222. The van der Waals surface area contributed by atoms with E-state index in [0.29, 0.717) is 5.65 Å². The van der Waals surface area contributed by atoms with E-state index in [1.54, 1.807) is 0 Å². The Morgan fingerprint density at radius 3 is 2.94 bits per heavy atom. The summed E-state index contributed by atoms with van der Waals surface area (Å²) < 4.78 is 27.3. The Hall–Kier alpha value is -2.05. The molecule has 0 radical (unpaired) electrons. The molecule has 0 spiro atoms. The fourth-order valence-corrected chi connectivity index (χ4v) is 1.33. The summed E-state index contributed by atoms with van der Waals surface area (Å²) in [6, 6.07) is 0. The number of imidazole rings is 1. The highest BCUT2D eigenvalue weighted by atomic mass is 19.3. The van der Waals surface area contributed by atoms with Gasteiger partial charge >= 0.3 is 11.9 Å². The zero-order chi connectivity index (χ0) is 11.8. The monoisotopic (exact) mass is 227 g/mol. The van der Waals surface area contributed by atoms with Crippen LogP contribution in [0.1, 0.15) is 5.69 Å². The van der Waals surface area contributed by atoms with Crippen molar-refractivity contribution in [2.75, 3.05) is 0 Å². The van der Waals surface area contributed by atoms with Gasteiger partial charge in [0.1, 0.15) is 0 Å². The molecule has 0 aromatic carbocycles. The van der Waals surface area contributed by atoms with Crippen molar-refractivity contribution in [1.29, 1.82) is 0 Å². The number of rotatable bonds is 3. The first kappa shape index (κ1) is 10.5. The van der Waals surface area contributed by atoms with Crippen molar-refractivity contribution in [2.45, 2.75) is 12.3 Å². The molecule has 2 heterocycles. The van der Waals surface area contributed by atoms with Gasteiger partial charge in [0.25, 0.3) is 0 Å². The number of nitrogens with zero attached hydrogens (tertiary/aromatic N) is 3. The van der Waals surface area contributed by atoms with Gasteiger partial charge in [0.05, 0.1) is 12.6 Å². The molecule has 2 aromatic heterocycles. The van der Waals surface area contributed by atoms with E-state index in [1.165, 1.54) is 29.2 Å². The standard InChI is InChI=1S/C9H7F2N3O2/c10-9(11,8(15)16)3-6-4-13-7-5-12-1-2-14(6)7/h1-2,4-5H,3H2,(H,15,16). The fourth-order valence-electron chi connectivity index (χ4n) is 1.33. The van der Waals surface area contributed by atoms with Gasteiger partial charge in [-0.15, -0.1) is 0 Å². The quantitative estimate of drug-likeness (QED) is 0.849. The lowest BCUT2D eigenvalue weighted by Gasteiger charge is -2.09. The molecule has 1 N–H and O–H groups in total. The summed E-state index contributed by atoms with van der Waals surface area (Å²) in [6.45, 7) is 0. The van der Waals surface area contributed by atoms with Gasteiger partial charge in [0, 0.05) is 24.3 Å². The Bertz CT molecular complexity index is 538. The predicted molar refractivity (Wildman–Crippen MR) is 49.3 cm³/mol. The second-order valence-electron chi connectivity index (χ2n) is 3.24. The van der Waals surface area contributed by atoms with Gasteiger partial charge in [-0.05, 0) is 0 Å². The Labute approximate surface area is 88.4 Å². The molecule has 0 saturated heterocycles. The molecule has 0 unspecified atom stereocenters. The number of aromatic nitrogens is 3. The van der Waals surface area contributed by atoms with Crippen LogP contribution in [-0.2, 0) is 11.2 Å². The molecular weight excluding hydrogens is 220 g/mol. The van der Waals surface area contributed by atoms with Crippen LogP contribution in [0.3, 0.4) is 0 Å². The molecular formula is C9H7F2N3O2. The summed E-state index contributed by atoms with van der Waals surface area (Å²) in [5.41, 5.74) is 0.531. The summed E-state index contributed by atoms with van der Waals surface area (Å²) in [4.78, 5) is 17.9. The van der Waals surface area contributed by atoms with Gasteiger partial charge in [-0.25, -0.2) is 9.78 Å². The third kappa shape index (κ3) is 1.71. The average molecular weight is 227 g/mol.